The van der Waals surface area contributed by atoms with Crippen molar-refractivity contribution in [3.05, 3.63) is 18.1 Å². The third-order valence-corrected chi connectivity index (χ3v) is 3.22. The Balaban J connectivity index is 2.05. The Morgan fingerprint density at radius 1 is 1.36 bits per heavy atom. The molecule has 7 nitrogen and oxygen atoms in total. The van der Waals surface area contributed by atoms with Crippen LogP contribution >= 0.6 is 0 Å². The van der Waals surface area contributed by atoms with Crippen LogP contribution in [0.15, 0.2) is 12.4 Å². The number of aliphatic hydroxyl groups is 2. The number of hydrogen-bond acceptors (Lipinski definition) is 7. The lowest BCUT2D eigenvalue weighted by Gasteiger charge is -2.37. The molecule has 4 atom stereocenters. The van der Waals surface area contributed by atoms with Crippen molar-refractivity contribution in [2.24, 2.45) is 0 Å². The van der Waals surface area contributed by atoms with Gasteiger partial charge in [0, 0.05) is 7.11 Å². The van der Waals surface area contributed by atoms with Crippen LogP contribution in [0, 0.1) is 0 Å². The van der Waals surface area contributed by atoms with Gasteiger partial charge in [-0.3, -0.25) is 4.98 Å². The van der Waals surface area contributed by atoms with Crippen molar-refractivity contribution in [3.8, 4) is 0 Å². The van der Waals surface area contributed by atoms with Crippen LogP contribution in [-0.4, -0.2) is 64.9 Å². The Morgan fingerprint density at radius 3 is 2.73 bits per heavy atom. The standard InChI is InChI=1S/C12H16F3N3O4/c1-21-5-7-11(20)10(19)6(4-22-7)17-9-3-16-2-8(18-9)12(13,14)15/h2-3,6-7,10-11,19-20H,4-5H2,1H3,(H,17,18). The first-order valence-electron chi connectivity index (χ1n) is 6.45. The Bertz CT molecular complexity index is 503. The molecule has 1 saturated heterocycles. The normalized spacial score (nSPS) is 29.4. The summed E-state index contributed by atoms with van der Waals surface area (Å²) in [6.45, 7) is 0.0679. The Kier molecular flexibility index (Phi) is 5.16. The maximum atomic E-state index is 12.6. The summed E-state index contributed by atoms with van der Waals surface area (Å²) < 4.78 is 47.8. The average Bonchev–Trinajstić information content (AvgIpc) is 2.46. The molecule has 1 aromatic heterocycles. The second-order valence-electron chi connectivity index (χ2n) is 4.85. The zero-order valence-corrected chi connectivity index (χ0v) is 11.6. The first-order valence-corrected chi connectivity index (χ1v) is 6.45. The van der Waals surface area contributed by atoms with Crippen LogP contribution in [0.25, 0.3) is 0 Å². The molecule has 0 radical (unpaired) electrons. The summed E-state index contributed by atoms with van der Waals surface area (Å²) in [5, 5.41) is 22.5. The summed E-state index contributed by atoms with van der Waals surface area (Å²) in [6.07, 6.45) is -6.10. The molecule has 0 aromatic carbocycles. The summed E-state index contributed by atoms with van der Waals surface area (Å²) >= 11 is 0. The van der Waals surface area contributed by atoms with E-state index >= 15 is 0 Å². The number of nitrogens with one attached hydrogen (secondary N) is 1. The lowest BCUT2D eigenvalue weighted by molar-refractivity contribution is -0.156. The molecule has 0 amide bonds. The SMILES string of the molecule is COCC1OCC(Nc2cncc(C(F)(F)F)n2)C(O)C1O. The van der Waals surface area contributed by atoms with Gasteiger partial charge >= 0.3 is 6.18 Å². The van der Waals surface area contributed by atoms with Gasteiger partial charge < -0.3 is 25.0 Å². The largest absolute Gasteiger partial charge is 0.434 e. The predicted octanol–water partition coefficient (Wildman–Crippen LogP) is 0.0429. The number of rotatable bonds is 4. The third-order valence-electron chi connectivity index (χ3n) is 3.22. The number of halogens is 3. The molecule has 1 aliphatic rings. The van der Waals surface area contributed by atoms with E-state index in [1.54, 1.807) is 0 Å². The van der Waals surface area contributed by atoms with Gasteiger partial charge in [-0.1, -0.05) is 0 Å². The van der Waals surface area contributed by atoms with E-state index in [0.29, 0.717) is 6.20 Å². The van der Waals surface area contributed by atoms with Crippen molar-refractivity contribution in [1.29, 1.82) is 0 Å². The van der Waals surface area contributed by atoms with Crippen LogP contribution in [0.4, 0.5) is 19.0 Å². The van der Waals surface area contributed by atoms with Gasteiger partial charge in [0.1, 0.15) is 24.1 Å². The molecule has 4 unspecified atom stereocenters. The fraction of sp³-hybridized carbons (Fsp3) is 0.667. The van der Waals surface area contributed by atoms with Gasteiger partial charge in [0.05, 0.1) is 31.6 Å². The minimum Gasteiger partial charge on any atom is -0.388 e. The second-order valence-corrected chi connectivity index (χ2v) is 4.85. The third kappa shape index (κ3) is 3.83. The number of aliphatic hydroxyl groups excluding tert-OH is 2. The second kappa shape index (κ2) is 6.73. The van der Waals surface area contributed by atoms with Crippen molar-refractivity contribution in [3.63, 3.8) is 0 Å². The van der Waals surface area contributed by atoms with E-state index in [4.69, 9.17) is 9.47 Å². The van der Waals surface area contributed by atoms with E-state index in [0.717, 1.165) is 6.20 Å². The molecule has 2 rings (SSSR count). The minimum atomic E-state index is -4.62. The van der Waals surface area contributed by atoms with Gasteiger partial charge in [0.2, 0.25) is 0 Å². The Labute approximate surface area is 124 Å². The van der Waals surface area contributed by atoms with Crippen molar-refractivity contribution in [2.75, 3.05) is 25.6 Å². The smallest absolute Gasteiger partial charge is 0.388 e. The van der Waals surface area contributed by atoms with Crippen LogP contribution in [0.2, 0.25) is 0 Å². The number of anilines is 1. The highest BCUT2D eigenvalue weighted by Gasteiger charge is 2.39. The van der Waals surface area contributed by atoms with Gasteiger partial charge in [-0.25, -0.2) is 4.98 Å². The van der Waals surface area contributed by atoms with Gasteiger partial charge in [-0.2, -0.15) is 13.2 Å². The molecule has 10 heteroatoms. The molecule has 0 saturated carbocycles. The molecular weight excluding hydrogens is 307 g/mol. The van der Waals surface area contributed by atoms with Gasteiger partial charge in [-0.15, -0.1) is 0 Å². The van der Waals surface area contributed by atoms with Crippen molar-refractivity contribution >= 4 is 5.82 Å². The highest BCUT2D eigenvalue weighted by atomic mass is 19.4. The van der Waals surface area contributed by atoms with Crippen LogP contribution in [-0.2, 0) is 15.7 Å². The van der Waals surface area contributed by atoms with Gasteiger partial charge in [0.15, 0.2) is 5.69 Å². The van der Waals surface area contributed by atoms with Crippen LogP contribution in [0.5, 0.6) is 0 Å². The monoisotopic (exact) mass is 323 g/mol. The average molecular weight is 323 g/mol. The molecule has 22 heavy (non-hydrogen) atoms. The highest BCUT2D eigenvalue weighted by Crippen LogP contribution is 2.28. The van der Waals surface area contributed by atoms with Crippen LogP contribution in [0.1, 0.15) is 5.69 Å². The Hall–Kier alpha value is -1.49. The highest BCUT2D eigenvalue weighted by molar-refractivity contribution is 5.34. The molecule has 0 bridgehead atoms. The summed E-state index contributed by atoms with van der Waals surface area (Å²) in [4.78, 5) is 6.84. The molecule has 124 valence electrons. The molecule has 1 fully saturated rings. The summed E-state index contributed by atoms with van der Waals surface area (Å²) in [5.41, 5.74) is -1.15. The molecule has 1 aromatic rings. The number of ether oxygens (including phenoxy) is 2. The van der Waals surface area contributed by atoms with E-state index in [1.165, 1.54) is 7.11 Å². The topological polar surface area (TPSA) is 96.7 Å². The number of alkyl halides is 3. The van der Waals surface area contributed by atoms with E-state index in [-0.39, 0.29) is 19.0 Å². The maximum absolute atomic E-state index is 12.6. The zero-order chi connectivity index (χ0) is 16.3. The number of methoxy groups -OCH3 is 1. The summed E-state index contributed by atoms with van der Waals surface area (Å²) in [6, 6.07) is -0.819. The molecular formula is C12H16F3N3O4. The quantitative estimate of drug-likeness (QED) is 0.720. The molecule has 2 heterocycles. The lowest BCUT2D eigenvalue weighted by Crippen LogP contribution is -2.56. The van der Waals surface area contributed by atoms with Crippen LogP contribution < -0.4 is 5.32 Å². The Morgan fingerprint density at radius 2 is 2.09 bits per heavy atom. The van der Waals surface area contributed by atoms with Crippen LogP contribution in [0.3, 0.4) is 0 Å². The molecule has 1 aliphatic heterocycles. The molecule has 3 N–H and O–H groups in total. The van der Waals surface area contributed by atoms with Crippen molar-refractivity contribution in [2.45, 2.75) is 30.5 Å². The summed E-state index contributed by atoms with van der Waals surface area (Å²) in [5.74, 6) is -0.167. The first kappa shape index (κ1) is 16.9. The van der Waals surface area contributed by atoms with Crippen molar-refractivity contribution in [1.82, 2.24) is 9.97 Å². The maximum Gasteiger partial charge on any atom is 0.434 e. The minimum absolute atomic E-state index is 0.0236. The number of hydrogen-bond donors (Lipinski definition) is 3. The van der Waals surface area contributed by atoms with E-state index < -0.39 is 36.2 Å². The number of nitrogens with zero attached hydrogens (tertiary/aromatic N) is 2. The first-order chi connectivity index (χ1) is 10.3. The summed E-state index contributed by atoms with van der Waals surface area (Å²) in [7, 11) is 1.42. The zero-order valence-electron chi connectivity index (χ0n) is 11.6. The van der Waals surface area contributed by atoms with Gasteiger partial charge in [0.25, 0.3) is 0 Å². The van der Waals surface area contributed by atoms with E-state index in [2.05, 4.69) is 15.3 Å². The number of aromatic nitrogens is 2. The fourth-order valence-electron chi connectivity index (χ4n) is 2.08. The lowest BCUT2D eigenvalue weighted by atomic mass is 9.98. The van der Waals surface area contributed by atoms with Crippen molar-refractivity contribution < 1.29 is 32.9 Å². The van der Waals surface area contributed by atoms with E-state index in [9.17, 15) is 23.4 Å². The van der Waals surface area contributed by atoms with E-state index in [1.807, 2.05) is 0 Å². The molecule has 0 spiro atoms. The predicted molar refractivity (Wildman–Crippen MR) is 68.1 cm³/mol. The molecule has 0 aliphatic carbocycles. The fourth-order valence-corrected chi connectivity index (χ4v) is 2.08. The van der Waals surface area contributed by atoms with Gasteiger partial charge in [-0.05, 0) is 0 Å².